The molecule has 0 saturated heterocycles. The van der Waals surface area contributed by atoms with Crippen LogP contribution in [0.5, 0.6) is 11.5 Å². The van der Waals surface area contributed by atoms with Crippen molar-refractivity contribution in [3.8, 4) is 21.9 Å². The van der Waals surface area contributed by atoms with Crippen LogP contribution in [0.1, 0.15) is 17.2 Å². The van der Waals surface area contributed by atoms with Crippen molar-refractivity contribution in [2.75, 3.05) is 25.7 Å². The number of aliphatic hydroxyl groups excluding tert-OH is 1. The van der Waals surface area contributed by atoms with Crippen molar-refractivity contribution in [2.24, 2.45) is 0 Å². The lowest BCUT2D eigenvalue weighted by Gasteiger charge is -2.34. The minimum Gasteiger partial charge on any atom is -0.496 e. The summed E-state index contributed by atoms with van der Waals surface area (Å²) in [4.78, 5) is 12.0. The van der Waals surface area contributed by atoms with Gasteiger partial charge in [0.05, 0.1) is 31.0 Å². The number of methoxy groups -OCH3 is 2. The number of halogens is 1. The number of hydrogen-bond acceptors (Lipinski definition) is 7. The third kappa shape index (κ3) is 3.37. The molecule has 158 valence electrons. The average molecular weight is 437 g/mol. The third-order valence-corrected chi connectivity index (χ3v) is 6.68. The molecule has 4 aromatic rings. The van der Waals surface area contributed by atoms with Crippen LogP contribution in [-0.2, 0) is 6.54 Å². The van der Waals surface area contributed by atoms with E-state index in [0.717, 1.165) is 37.6 Å². The van der Waals surface area contributed by atoms with Gasteiger partial charge in [-0.25, -0.2) is 14.4 Å². The first-order valence-electron chi connectivity index (χ1n) is 9.76. The molecule has 0 radical (unpaired) electrons. The molecule has 1 aliphatic rings. The van der Waals surface area contributed by atoms with Gasteiger partial charge in [0.25, 0.3) is 0 Å². The Balaban J connectivity index is 1.58. The maximum atomic E-state index is 13.3. The molecule has 0 saturated carbocycles. The molecule has 5 rings (SSSR count). The van der Waals surface area contributed by atoms with Crippen molar-refractivity contribution in [3.05, 3.63) is 65.7 Å². The monoisotopic (exact) mass is 437 g/mol. The zero-order valence-electron chi connectivity index (χ0n) is 17.0. The number of nitrogens with zero attached hydrogens (tertiary/aromatic N) is 3. The fraction of sp³-hybridized carbons (Fsp3) is 0.217. The molecule has 0 aliphatic carbocycles. The van der Waals surface area contributed by atoms with Crippen LogP contribution in [0.4, 0.5) is 10.2 Å². The number of rotatable bonds is 4. The molecule has 8 heteroatoms. The van der Waals surface area contributed by atoms with Crippen LogP contribution in [0.3, 0.4) is 0 Å². The van der Waals surface area contributed by atoms with Crippen molar-refractivity contribution in [1.82, 2.24) is 9.97 Å². The first-order valence-corrected chi connectivity index (χ1v) is 10.6. The lowest BCUT2D eigenvalue weighted by Crippen LogP contribution is -2.34. The Kier molecular flexibility index (Phi) is 4.95. The predicted octanol–water partition coefficient (Wildman–Crippen LogP) is 4.57. The van der Waals surface area contributed by atoms with Crippen LogP contribution in [-0.4, -0.2) is 35.8 Å². The highest BCUT2D eigenvalue weighted by Gasteiger charge is 2.31. The number of benzene rings is 2. The van der Waals surface area contributed by atoms with Crippen molar-refractivity contribution >= 4 is 27.4 Å². The van der Waals surface area contributed by atoms with Gasteiger partial charge in [0, 0.05) is 22.5 Å². The third-order valence-electron chi connectivity index (χ3n) is 5.51. The average Bonchev–Trinajstić information content (AvgIpc) is 3.23. The molecule has 0 amide bonds. The quantitative estimate of drug-likeness (QED) is 0.505. The van der Waals surface area contributed by atoms with Crippen LogP contribution in [0.2, 0.25) is 0 Å². The van der Waals surface area contributed by atoms with E-state index in [1.807, 2.05) is 23.1 Å². The number of thiophene rings is 1. The number of β-amino-alcohol motifs (C(OH)–C–C–N with tert-alkyl or cyclic N) is 1. The van der Waals surface area contributed by atoms with E-state index in [2.05, 4.69) is 9.97 Å². The molecule has 1 N–H and O–H groups in total. The van der Waals surface area contributed by atoms with Gasteiger partial charge in [0.15, 0.2) is 0 Å². The molecule has 1 atom stereocenters. The van der Waals surface area contributed by atoms with E-state index in [1.165, 1.54) is 18.5 Å². The maximum Gasteiger partial charge on any atom is 0.150 e. The van der Waals surface area contributed by atoms with Crippen LogP contribution in [0.25, 0.3) is 20.7 Å². The van der Waals surface area contributed by atoms with Gasteiger partial charge < -0.3 is 19.5 Å². The van der Waals surface area contributed by atoms with E-state index in [9.17, 15) is 9.50 Å². The smallest absolute Gasteiger partial charge is 0.150 e. The van der Waals surface area contributed by atoms with E-state index in [4.69, 9.17) is 9.47 Å². The highest BCUT2D eigenvalue weighted by atomic mass is 32.1. The van der Waals surface area contributed by atoms with Crippen LogP contribution in [0.15, 0.2) is 48.8 Å². The van der Waals surface area contributed by atoms with Crippen molar-refractivity contribution in [1.29, 1.82) is 0 Å². The summed E-state index contributed by atoms with van der Waals surface area (Å²) in [6, 6.07) is 12.1. The van der Waals surface area contributed by atoms with E-state index in [0.29, 0.717) is 24.6 Å². The largest absolute Gasteiger partial charge is 0.496 e. The zero-order valence-corrected chi connectivity index (χ0v) is 17.8. The van der Waals surface area contributed by atoms with Gasteiger partial charge in [0.2, 0.25) is 0 Å². The Morgan fingerprint density at radius 1 is 1.06 bits per heavy atom. The summed E-state index contributed by atoms with van der Waals surface area (Å²) in [6.07, 6.45) is 0.777. The summed E-state index contributed by atoms with van der Waals surface area (Å²) < 4.78 is 25.3. The van der Waals surface area contributed by atoms with E-state index in [-0.39, 0.29) is 5.82 Å². The molecule has 31 heavy (non-hydrogen) atoms. The fourth-order valence-corrected chi connectivity index (χ4v) is 5.19. The second-order valence-corrected chi connectivity index (χ2v) is 8.34. The summed E-state index contributed by atoms with van der Waals surface area (Å²) in [5.74, 6) is 1.82. The van der Waals surface area contributed by atoms with Crippen molar-refractivity contribution < 1.29 is 19.0 Å². The molecule has 2 aromatic carbocycles. The summed E-state index contributed by atoms with van der Waals surface area (Å²) in [6.45, 7) is 0.884. The van der Waals surface area contributed by atoms with Gasteiger partial charge >= 0.3 is 0 Å². The molecule has 0 unspecified atom stereocenters. The van der Waals surface area contributed by atoms with Crippen LogP contribution in [0, 0.1) is 5.82 Å². The summed E-state index contributed by atoms with van der Waals surface area (Å²) in [7, 11) is 3.21. The summed E-state index contributed by atoms with van der Waals surface area (Å²) in [5, 5.41) is 11.0. The SMILES string of the molecule is COc1ccc(OC)c2c1CN(c1ncnc3cc(-c4ccc(F)cc4)sc13)C[C@H]2O. The zero-order chi connectivity index (χ0) is 21.5. The lowest BCUT2D eigenvalue weighted by molar-refractivity contribution is 0.169. The summed E-state index contributed by atoms with van der Waals surface area (Å²) >= 11 is 1.55. The van der Waals surface area contributed by atoms with E-state index < -0.39 is 6.10 Å². The number of aromatic nitrogens is 2. The fourth-order valence-electron chi connectivity index (χ4n) is 4.06. The van der Waals surface area contributed by atoms with E-state index in [1.54, 1.807) is 37.7 Å². The molecule has 0 bridgehead atoms. The van der Waals surface area contributed by atoms with Gasteiger partial charge in [-0.2, -0.15) is 0 Å². The molecule has 0 fully saturated rings. The van der Waals surface area contributed by atoms with Gasteiger partial charge in [0.1, 0.15) is 35.6 Å². The molecule has 6 nitrogen and oxygen atoms in total. The molecular weight excluding hydrogens is 417 g/mol. The first kappa shape index (κ1) is 19.7. The van der Waals surface area contributed by atoms with Gasteiger partial charge in [-0.3, -0.25) is 0 Å². The number of ether oxygens (including phenoxy) is 2. The normalized spacial score (nSPS) is 15.7. The maximum absolute atomic E-state index is 13.3. The minimum absolute atomic E-state index is 0.268. The highest BCUT2D eigenvalue weighted by Crippen LogP contribution is 2.43. The Morgan fingerprint density at radius 2 is 1.81 bits per heavy atom. The van der Waals surface area contributed by atoms with Crippen molar-refractivity contribution in [3.63, 3.8) is 0 Å². The van der Waals surface area contributed by atoms with Gasteiger partial charge in [-0.05, 0) is 35.9 Å². The Labute approximate surface area is 182 Å². The standard InChI is InChI=1S/C23H20FN3O3S/c1-29-18-7-8-19(30-2)21-15(18)10-27(11-17(21)28)23-22-16(25-12-26-23)9-20(31-22)13-3-5-14(24)6-4-13/h3-9,12,17,28H,10-11H2,1-2H3/t17-/m1/s1. The van der Waals surface area contributed by atoms with Gasteiger partial charge in [-0.15, -0.1) is 11.3 Å². The second-order valence-electron chi connectivity index (χ2n) is 7.29. The molecule has 1 aliphatic heterocycles. The first-order chi connectivity index (χ1) is 15.1. The van der Waals surface area contributed by atoms with Crippen molar-refractivity contribution in [2.45, 2.75) is 12.6 Å². The molecular formula is C23H20FN3O3S. The molecule has 3 heterocycles. The number of hydrogen-bond donors (Lipinski definition) is 1. The number of anilines is 1. The van der Waals surface area contributed by atoms with Gasteiger partial charge in [-0.1, -0.05) is 12.1 Å². The number of aliphatic hydroxyl groups is 1. The molecule has 0 spiro atoms. The number of fused-ring (bicyclic) bond motifs is 2. The Bertz CT molecular complexity index is 1260. The highest BCUT2D eigenvalue weighted by molar-refractivity contribution is 7.22. The van der Waals surface area contributed by atoms with Crippen LogP contribution < -0.4 is 14.4 Å². The summed E-state index contributed by atoms with van der Waals surface area (Å²) in [5.41, 5.74) is 3.36. The lowest BCUT2D eigenvalue weighted by atomic mass is 9.95. The van der Waals surface area contributed by atoms with E-state index >= 15 is 0 Å². The Hall–Kier alpha value is -3.23. The second kappa shape index (κ2) is 7.79. The Morgan fingerprint density at radius 3 is 2.55 bits per heavy atom. The minimum atomic E-state index is -0.754. The van der Waals surface area contributed by atoms with Crippen LogP contribution >= 0.6 is 11.3 Å². The topological polar surface area (TPSA) is 67.7 Å². The molecule has 2 aromatic heterocycles. The predicted molar refractivity (Wildman–Crippen MR) is 118 cm³/mol.